The Labute approximate surface area is 179 Å². The number of nitrogens with zero attached hydrogens (tertiary/aromatic N) is 3. The predicted octanol–water partition coefficient (Wildman–Crippen LogP) is 5.62. The maximum absolute atomic E-state index is 12.7. The third-order valence-corrected chi connectivity index (χ3v) is 4.42. The zero-order chi connectivity index (χ0) is 23.4. The van der Waals surface area contributed by atoms with E-state index in [1.54, 1.807) is 0 Å². The van der Waals surface area contributed by atoms with E-state index in [-0.39, 0.29) is 5.69 Å². The molecule has 1 aliphatic heterocycles. The Bertz CT molecular complexity index is 1100. The molecule has 0 unspecified atom stereocenters. The minimum atomic E-state index is -6.00. The van der Waals surface area contributed by atoms with Crippen molar-refractivity contribution >= 4 is 24.7 Å². The quantitative estimate of drug-likeness (QED) is 0.186. The molecule has 164 valence electrons. The van der Waals surface area contributed by atoms with Crippen molar-refractivity contribution in [3.63, 3.8) is 0 Å². The number of halogens is 4. The number of hydrogen-bond acceptors (Lipinski definition) is 4. The minimum Gasteiger partial charge on any atom is -0.418 e. The fraction of sp³-hybridized carbons (Fsp3) is 0.0500. The van der Waals surface area contributed by atoms with E-state index in [1.165, 1.54) is 29.0 Å². The molecule has 3 aromatic rings. The van der Waals surface area contributed by atoms with Gasteiger partial charge in [-0.25, -0.2) is 0 Å². The van der Waals surface area contributed by atoms with Crippen LogP contribution in [0.2, 0.25) is 0 Å². The molecule has 0 fully saturated rings. The van der Waals surface area contributed by atoms with Gasteiger partial charge in [0.05, 0.1) is 4.92 Å². The van der Waals surface area contributed by atoms with Crippen LogP contribution in [0.1, 0.15) is 11.1 Å². The number of rotatable bonds is 4. The summed E-state index contributed by atoms with van der Waals surface area (Å²) in [5.41, 5.74) is 0.965. The van der Waals surface area contributed by atoms with Crippen molar-refractivity contribution in [2.24, 2.45) is 5.11 Å². The van der Waals surface area contributed by atoms with Gasteiger partial charge in [-0.3, -0.25) is 10.1 Å². The van der Waals surface area contributed by atoms with Gasteiger partial charge in [0.15, 0.2) is 5.69 Å². The summed E-state index contributed by atoms with van der Waals surface area (Å²) in [4.78, 5) is 23.1. The lowest BCUT2D eigenvalue weighted by molar-refractivity contribution is -0.404. The Kier molecular flexibility index (Phi) is 6.33. The standard InChI is InChI=1S/C20H14N4O3.BF4/c25-19-21-20(15-7-3-1-4-8-15,16-9-5-2-6-10-16)22-23(19)17-11-13-18(14-12-17)24(26)27;2-1(3,4)5/h1-14H;/q;-1/p+1. The number of carbonyl (C=O) groups excluding carboxylic acids is 1. The number of nitro benzene ring substituents is 1. The third kappa shape index (κ3) is 5.15. The van der Waals surface area contributed by atoms with Crippen LogP contribution in [0.4, 0.5) is 33.4 Å². The molecule has 12 heteroatoms. The molecule has 2 amide bonds. The molecule has 3 aromatic carbocycles. The molecule has 1 heterocycles. The van der Waals surface area contributed by atoms with Gasteiger partial charge >= 0.3 is 13.3 Å². The molecule has 0 aliphatic carbocycles. The SMILES string of the molecule is F[B-](F)(F)F.O=C1NC(c2ccccc2)(c2ccccc2)N=[N+]1c1ccc([N+](=O)[O-])cc1. The van der Waals surface area contributed by atoms with Crippen LogP contribution in [-0.2, 0) is 5.66 Å². The van der Waals surface area contributed by atoms with Gasteiger partial charge in [0.1, 0.15) is 0 Å². The van der Waals surface area contributed by atoms with Crippen LogP contribution < -0.4 is 5.32 Å². The third-order valence-electron chi connectivity index (χ3n) is 4.42. The van der Waals surface area contributed by atoms with Gasteiger partial charge in [-0.15, -0.1) is 0 Å². The van der Waals surface area contributed by atoms with Crippen molar-refractivity contribution in [1.82, 2.24) is 5.32 Å². The van der Waals surface area contributed by atoms with Crippen molar-refractivity contribution in [2.45, 2.75) is 5.66 Å². The largest absolute Gasteiger partial charge is 0.673 e. The number of carbonyl (C=O) groups is 1. The molecule has 4 rings (SSSR count). The Morgan fingerprint density at radius 3 is 1.69 bits per heavy atom. The van der Waals surface area contributed by atoms with Gasteiger partial charge in [0.25, 0.3) is 11.4 Å². The number of nitro groups is 1. The van der Waals surface area contributed by atoms with Gasteiger partial charge in [-0.2, -0.15) is 10.1 Å². The summed E-state index contributed by atoms with van der Waals surface area (Å²) in [7, 11) is -6.00. The Hall–Kier alpha value is -4.09. The molecule has 0 saturated carbocycles. The van der Waals surface area contributed by atoms with Crippen LogP contribution >= 0.6 is 0 Å². The van der Waals surface area contributed by atoms with Gasteiger partial charge in [-0.1, -0.05) is 65.4 Å². The summed E-state index contributed by atoms with van der Waals surface area (Å²) in [5, 5.41) is 18.5. The first-order valence-electron chi connectivity index (χ1n) is 9.18. The highest BCUT2D eigenvalue weighted by atomic mass is 19.5. The van der Waals surface area contributed by atoms with E-state index in [0.29, 0.717) is 5.69 Å². The van der Waals surface area contributed by atoms with Crippen LogP contribution in [0.5, 0.6) is 0 Å². The minimum absolute atomic E-state index is 0.0456. The summed E-state index contributed by atoms with van der Waals surface area (Å²) in [6, 6.07) is 24.2. The highest BCUT2D eigenvalue weighted by Gasteiger charge is 2.50. The van der Waals surface area contributed by atoms with Crippen LogP contribution in [0.25, 0.3) is 0 Å². The maximum atomic E-state index is 12.7. The van der Waals surface area contributed by atoms with Gasteiger partial charge in [0.2, 0.25) is 0 Å². The zero-order valence-corrected chi connectivity index (χ0v) is 16.2. The first kappa shape index (κ1) is 22.6. The van der Waals surface area contributed by atoms with Crippen LogP contribution in [0, 0.1) is 10.1 Å². The van der Waals surface area contributed by atoms with Crippen LogP contribution in [0.15, 0.2) is 90.0 Å². The molecule has 1 aliphatic rings. The molecule has 0 saturated heterocycles. The molecule has 0 radical (unpaired) electrons. The van der Waals surface area contributed by atoms with E-state index in [0.717, 1.165) is 11.1 Å². The molecule has 0 aromatic heterocycles. The molecule has 0 atom stereocenters. The van der Waals surface area contributed by atoms with Crippen molar-refractivity contribution in [3.8, 4) is 0 Å². The predicted molar refractivity (Wildman–Crippen MR) is 108 cm³/mol. The number of urea groups is 1. The average molecular weight is 446 g/mol. The lowest BCUT2D eigenvalue weighted by Gasteiger charge is -2.20. The number of non-ortho nitro benzene ring substituents is 1. The molecule has 0 spiro atoms. The summed E-state index contributed by atoms with van der Waals surface area (Å²) in [5.74, 6) is 0. The highest BCUT2D eigenvalue weighted by molar-refractivity contribution is 6.50. The summed E-state index contributed by atoms with van der Waals surface area (Å²) >= 11 is 0. The highest BCUT2D eigenvalue weighted by Crippen LogP contribution is 2.36. The summed E-state index contributed by atoms with van der Waals surface area (Å²) in [6.07, 6.45) is 0. The first-order chi connectivity index (χ1) is 15.1. The molecule has 1 N–H and O–H groups in total. The Morgan fingerprint density at radius 1 is 0.844 bits per heavy atom. The average Bonchev–Trinajstić information content (AvgIpc) is 3.12. The van der Waals surface area contributed by atoms with Crippen LogP contribution in [-0.4, -0.2) is 22.9 Å². The van der Waals surface area contributed by atoms with Crippen molar-refractivity contribution in [3.05, 3.63) is 106 Å². The van der Waals surface area contributed by atoms with Crippen LogP contribution in [0.3, 0.4) is 0 Å². The molecular weight excluding hydrogens is 431 g/mol. The van der Waals surface area contributed by atoms with Gasteiger partial charge < -0.3 is 17.3 Å². The molecule has 7 nitrogen and oxygen atoms in total. The lowest BCUT2D eigenvalue weighted by Crippen LogP contribution is -2.40. The topological polar surface area (TPSA) is 87.6 Å². The zero-order valence-electron chi connectivity index (χ0n) is 16.2. The fourth-order valence-corrected chi connectivity index (χ4v) is 3.10. The number of azo groups is 2. The van der Waals surface area contributed by atoms with E-state index in [2.05, 4.69) is 10.4 Å². The number of hydrogen-bond donors (Lipinski definition) is 1. The second kappa shape index (κ2) is 8.96. The smallest absolute Gasteiger partial charge is 0.418 e. The van der Waals surface area contributed by atoms with Crippen molar-refractivity contribution in [2.75, 3.05) is 0 Å². The normalized spacial score (nSPS) is 14.6. The van der Waals surface area contributed by atoms with E-state index in [4.69, 9.17) is 0 Å². The molecule has 0 bridgehead atoms. The van der Waals surface area contributed by atoms with E-state index >= 15 is 0 Å². The van der Waals surface area contributed by atoms with E-state index in [1.807, 2.05) is 60.7 Å². The van der Waals surface area contributed by atoms with E-state index < -0.39 is 23.9 Å². The maximum Gasteiger partial charge on any atom is 0.673 e. The Balaban J connectivity index is 0.000000523. The van der Waals surface area contributed by atoms with Gasteiger partial charge in [-0.05, 0) is 17.2 Å². The van der Waals surface area contributed by atoms with Crippen molar-refractivity contribution in [1.29, 1.82) is 0 Å². The molecular formula is C20H15BF4N4O3. The summed E-state index contributed by atoms with van der Waals surface area (Å²) < 4.78 is 40.2. The second-order valence-corrected chi connectivity index (χ2v) is 6.55. The first-order valence-corrected chi connectivity index (χ1v) is 9.18. The van der Waals surface area contributed by atoms with Gasteiger partial charge in [0, 0.05) is 23.3 Å². The van der Waals surface area contributed by atoms with Crippen molar-refractivity contribution < 1.29 is 31.7 Å². The number of amides is 2. The second-order valence-electron chi connectivity index (χ2n) is 6.55. The lowest BCUT2D eigenvalue weighted by atomic mass is 9.92. The van der Waals surface area contributed by atoms with E-state index in [9.17, 15) is 32.2 Å². The number of benzene rings is 3. The Morgan fingerprint density at radius 2 is 1.28 bits per heavy atom. The number of nitrogens with one attached hydrogen (secondary N) is 1. The monoisotopic (exact) mass is 446 g/mol. The fourth-order valence-electron chi connectivity index (χ4n) is 3.10. The molecule has 32 heavy (non-hydrogen) atoms. The summed E-state index contributed by atoms with van der Waals surface area (Å²) in [6.45, 7) is 0.